The Kier molecular flexibility index (Phi) is 7.38. The molecule has 0 unspecified atom stereocenters. The van der Waals surface area contributed by atoms with E-state index in [2.05, 4.69) is 22.8 Å². The molecule has 1 fully saturated rings. The zero-order chi connectivity index (χ0) is 20.9. The van der Waals surface area contributed by atoms with Gasteiger partial charge in [0.2, 0.25) is 0 Å². The zero-order valence-electron chi connectivity index (χ0n) is 16.3. The molecule has 1 aliphatic carbocycles. The summed E-state index contributed by atoms with van der Waals surface area (Å²) in [6, 6.07) is 13.1. The predicted octanol–water partition coefficient (Wildman–Crippen LogP) is 6.01. The molecule has 154 valence electrons. The number of hydrogen-bond acceptors (Lipinski definition) is 3. The van der Waals surface area contributed by atoms with Gasteiger partial charge in [0.25, 0.3) is 0 Å². The SMILES string of the molecule is COC(=O)c1cc(NC(=S)NC2(CCc3ccc(Cl)cc3)CCCC2)ccc1Cl. The fraction of sp³-hybridized carbons (Fsp3) is 0.364. The summed E-state index contributed by atoms with van der Waals surface area (Å²) < 4.78 is 4.77. The molecule has 0 heterocycles. The molecule has 1 aliphatic rings. The van der Waals surface area contributed by atoms with Gasteiger partial charge in [-0.05, 0) is 73.8 Å². The van der Waals surface area contributed by atoms with Gasteiger partial charge in [-0.15, -0.1) is 0 Å². The molecule has 0 amide bonds. The normalized spacial score (nSPS) is 15.0. The van der Waals surface area contributed by atoms with E-state index in [0.717, 1.165) is 30.7 Å². The number of esters is 1. The number of carbonyl (C=O) groups excluding carboxylic acids is 1. The first-order chi connectivity index (χ1) is 13.9. The van der Waals surface area contributed by atoms with Crippen molar-refractivity contribution in [1.29, 1.82) is 0 Å². The predicted molar refractivity (Wildman–Crippen MR) is 123 cm³/mol. The second-order valence-electron chi connectivity index (χ2n) is 7.38. The fourth-order valence-corrected chi connectivity index (χ4v) is 4.45. The van der Waals surface area contributed by atoms with E-state index < -0.39 is 5.97 Å². The quantitative estimate of drug-likeness (QED) is 0.416. The van der Waals surface area contributed by atoms with Crippen molar-refractivity contribution in [3.05, 3.63) is 63.6 Å². The summed E-state index contributed by atoms with van der Waals surface area (Å²) in [6.07, 6.45) is 6.48. The Balaban J connectivity index is 1.65. The van der Waals surface area contributed by atoms with Crippen molar-refractivity contribution in [2.75, 3.05) is 12.4 Å². The highest BCUT2D eigenvalue weighted by Crippen LogP contribution is 2.34. The third kappa shape index (κ3) is 5.84. The second-order valence-corrected chi connectivity index (χ2v) is 8.63. The van der Waals surface area contributed by atoms with Crippen LogP contribution in [0.1, 0.15) is 48.0 Å². The Labute approximate surface area is 186 Å². The highest BCUT2D eigenvalue weighted by atomic mass is 35.5. The zero-order valence-corrected chi connectivity index (χ0v) is 18.6. The molecule has 3 rings (SSSR count). The average molecular weight is 451 g/mol. The number of nitrogens with one attached hydrogen (secondary N) is 2. The van der Waals surface area contributed by atoms with Crippen molar-refractivity contribution in [2.24, 2.45) is 0 Å². The minimum Gasteiger partial charge on any atom is -0.465 e. The molecule has 0 spiro atoms. The summed E-state index contributed by atoms with van der Waals surface area (Å²) in [5.41, 5.74) is 2.24. The Hall–Kier alpha value is -1.82. The monoisotopic (exact) mass is 450 g/mol. The van der Waals surface area contributed by atoms with E-state index in [1.807, 2.05) is 12.1 Å². The maximum Gasteiger partial charge on any atom is 0.339 e. The number of halogens is 2. The first kappa shape index (κ1) is 21.9. The van der Waals surface area contributed by atoms with Gasteiger partial charge in [0.1, 0.15) is 0 Å². The molecule has 0 aliphatic heterocycles. The van der Waals surface area contributed by atoms with Crippen LogP contribution in [-0.4, -0.2) is 23.7 Å². The van der Waals surface area contributed by atoms with Crippen molar-refractivity contribution >= 4 is 52.2 Å². The lowest BCUT2D eigenvalue weighted by atomic mass is 9.89. The molecule has 2 aromatic carbocycles. The first-order valence-corrected chi connectivity index (χ1v) is 10.8. The number of carbonyl (C=O) groups is 1. The molecule has 4 nitrogen and oxygen atoms in total. The number of ether oxygens (including phenoxy) is 1. The molecular formula is C22H24Cl2N2O2S. The standard InChI is InChI=1S/C22H24Cl2N2O2S/c1-28-20(27)18-14-17(8-9-19(18)24)25-21(29)26-22(11-2-3-12-22)13-10-15-4-6-16(23)7-5-15/h4-9,14H,2-3,10-13H2,1H3,(H2,25,26,29). The van der Waals surface area contributed by atoms with Crippen molar-refractivity contribution in [3.8, 4) is 0 Å². The lowest BCUT2D eigenvalue weighted by Crippen LogP contribution is -2.48. The number of hydrogen-bond donors (Lipinski definition) is 2. The van der Waals surface area contributed by atoms with Gasteiger partial charge in [-0.3, -0.25) is 0 Å². The van der Waals surface area contributed by atoms with Crippen LogP contribution in [0.3, 0.4) is 0 Å². The summed E-state index contributed by atoms with van der Waals surface area (Å²) in [5, 5.41) is 8.37. The van der Waals surface area contributed by atoms with Crippen molar-refractivity contribution < 1.29 is 9.53 Å². The third-order valence-electron chi connectivity index (χ3n) is 5.37. The van der Waals surface area contributed by atoms with Crippen LogP contribution in [-0.2, 0) is 11.2 Å². The molecule has 1 saturated carbocycles. The van der Waals surface area contributed by atoms with Crippen LogP contribution in [0.15, 0.2) is 42.5 Å². The summed E-state index contributed by atoms with van der Waals surface area (Å²) in [6.45, 7) is 0. The van der Waals surface area contributed by atoms with Gasteiger partial charge < -0.3 is 15.4 Å². The molecule has 7 heteroatoms. The van der Waals surface area contributed by atoms with Gasteiger partial charge in [-0.2, -0.15) is 0 Å². The molecule has 0 radical (unpaired) electrons. The largest absolute Gasteiger partial charge is 0.465 e. The molecule has 2 aromatic rings. The average Bonchev–Trinajstić information content (AvgIpc) is 3.17. The number of anilines is 1. The van der Waals surface area contributed by atoms with Gasteiger partial charge in [-0.25, -0.2) is 4.79 Å². The minimum atomic E-state index is -0.479. The van der Waals surface area contributed by atoms with E-state index in [4.69, 9.17) is 40.2 Å². The van der Waals surface area contributed by atoms with Crippen molar-refractivity contribution in [3.63, 3.8) is 0 Å². The topological polar surface area (TPSA) is 50.4 Å². The van der Waals surface area contributed by atoms with Crippen LogP contribution in [0.4, 0.5) is 5.69 Å². The summed E-state index contributed by atoms with van der Waals surface area (Å²) in [7, 11) is 1.33. The molecule has 0 atom stereocenters. The highest BCUT2D eigenvalue weighted by Gasteiger charge is 2.34. The summed E-state index contributed by atoms with van der Waals surface area (Å²) >= 11 is 17.7. The molecule has 0 aromatic heterocycles. The van der Waals surface area contributed by atoms with Crippen LogP contribution < -0.4 is 10.6 Å². The lowest BCUT2D eigenvalue weighted by molar-refractivity contribution is 0.0601. The molecule has 29 heavy (non-hydrogen) atoms. The van der Waals surface area contributed by atoms with Gasteiger partial charge in [0, 0.05) is 16.2 Å². The molecule has 2 N–H and O–H groups in total. The smallest absolute Gasteiger partial charge is 0.339 e. The Morgan fingerprint density at radius 3 is 2.48 bits per heavy atom. The van der Waals surface area contributed by atoms with Crippen molar-refractivity contribution in [2.45, 2.75) is 44.1 Å². The lowest BCUT2D eigenvalue weighted by Gasteiger charge is -2.32. The fourth-order valence-electron chi connectivity index (χ4n) is 3.80. The van der Waals surface area contributed by atoms with E-state index in [-0.39, 0.29) is 5.54 Å². The van der Waals surface area contributed by atoms with Crippen LogP contribution in [0.2, 0.25) is 10.0 Å². The van der Waals surface area contributed by atoms with Gasteiger partial charge in [-0.1, -0.05) is 48.2 Å². The van der Waals surface area contributed by atoms with Gasteiger partial charge in [0.15, 0.2) is 5.11 Å². The summed E-state index contributed by atoms with van der Waals surface area (Å²) in [5.74, 6) is -0.479. The second kappa shape index (κ2) is 9.79. The van der Waals surface area contributed by atoms with Crippen LogP contribution in [0, 0.1) is 0 Å². The van der Waals surface area contributed by atoms with E-state index in [1.165, 1.54) is 25.5 Å². The van der Waals surface area contributed by atoms with Crippen LogP contribution >= 0.6 is 35.4 Å². The number of methoxy groups -OCH3 is 1. The number of rotatable bonds is 6. The third-order valence-corrected chi connectivity index (χ3v) is 6.16. The summed E-state index contributed by atoms with van der Waals surface area (Å²) in [4.78, 5) is 11.9. The van der Waals surface area contributed by atoms with E-state index in [1.54, 1.807) is 18.2 Å². The Morgan fingerprint density at radius 1 is 1.14 bits per heavy atom. The van der Waals surface area contributed by atoms with Crippen molar-refractivity contribution in [1.82, 2.24) is 5.32 Å². The highest BCUT2D eigenvalue weighted by molar-refractivity contribution is 7.80. The maximum absolute atomic E-state index is 11.9. The number of thiocarbonyl (C=S) groups is 1. The first-order valence-electron chi connectivity index (χ1n) is 9.62. The Bertz CT molecular complexity index is 881. The Morgan fingerprint density at radius 2 is 1.83 bits per heavy atom. The maximum atomic E-state index is 11.9. The minimum absolute atomic E-state index is 0.0265. The van der Waals surface area contributed by atoms with E-state index in [0.29, 0.717) is 21.4 Å². The van der Waals surface area contributed by atoms with Crippen LogP contribution in [0.25, 0.3) is 0 Å². The van der Waals surface area contributed by atoms with E-state index in [9.17, 15) is 4.79 Å². The molecular weight excluding hydrogens is 427 g/mol. The number of aryl methyl sites for hydroxylation is 1. The molecule has 0 bridgehead atoms. The van der Waals surface area contributed by atoms with E-state index >= 15 is 0 Å². The van der Waals surface area contributed by atoms with Gasteiger partial charge in [0.05, 0.1) is 17.7 Å². The number of benzene rings is 2. The van der Waals surface area contributed by atoms with Crippen LogP contribution in [0.5, 0.6) is 0 Å². The molecule has 0 saturated heterocycles. The van der Waals surface area contributed by atoms with Gasteiger partial charge >= 0.3 is 5.97 Å².